The van der Waals surface area contributed by atoms with Gasteiger partial charge >= 0.3 is 0 Å². The van der Waals surface area contributed by atoms with E-state index in [1.54, 1.807) is 0 Å². The minimum atomic E-state index is 0.780. The Balaban J connectivity index is 1.56. The van der Waals surface area contributed by atoms with Gasteiger partial charge in [-0.3, -0.25) is 4.90 Å². The fourth-order valence-corrected chi connectivity index (χ4v) is 3.80. The molecule has 2 aliphatic rings. The first-order valence-corrected chi connectivity index (χ1v) is 9.27. The molecule has 0 aromatic heterocycles. The van der Waals surface area contributed by atoms with E-state index in [4.69, 9.17) is 0 Å². The molecular weight excluding hydrogens is 324 g/mol. The zero-order valence-electron chi connectivity index (χ0n) is 13.1. The SMILES string of the molecule is CCC1CCCN(Cc2ccc(CNC3CC3)cc2Br)C1. The van der Waals surface area contributed by atoms with E-state index in [2.05, 4.69) is 51.3 Å². The molecule has 2 nitrogen and oxygen atoms in total. The van der Waals surface area contributed by atoms with Gasteiger partial charge in [-0.05, 0) is 55.3 Å². The molecule has 1 unspecified atom stereocenters. The Morgan fingerprint density at radius 1 is 1.29 bits per heavy atom. The van der Waals surface area contributed by atoms with Crippen LogP contribution in [0, 0.1) is 5.92 Å². The van der Waals surface area contributed by atoms with Gasteiger partial charge in [-0.25, -0.2) is 0 Å². The highest BCUT2D eigenvalue weighted by molar-refractivity contribution is 9.10. The monoisotopic (exact) mass is 350 g/mol. The summed E-state index contributed by atoms with van der Waals surface area (Å²) in [6.45, 7) is 6.95. The number of rotatable bonds is 6. The minimum absolute atomic E-state index is 0.780. The van der Waals surface area contributed by atoms with Gasteiger partial charge in [0.1, 0.15) is 0 Å². The summed E-state index contributed by atoms with van der Waals surface area (Å²) in [4.78, 5) is 2.62. The Morgan fingerprint density at radius 2 is 2.14 bits per heavy atom. The standard InChI is InChI=1S/C18H27BrN2/c1-2-14-4-3-9-21(12-14)13-16-6-5-15(10-18(16)19)11-20-17-7-8-17/h5-6,10,14,17,20H,2-4,7-9,11-13H2,1H3. The van der Waals surface area contributed by atoms with Crippen molar-refractivity contribution in [3.05, 3.63) is 33.8 Å². The fraction of sp³-hybridized carbons (Fsp3) is 0.667. The molecule has 0 spiro atoms. The fourth-order valence-electron chi connectivity index (χ4n) is 3.25. The highest BCUT2D eigenvalue weighted by Crippen LogP contribution is 2.25. The quantitative estimate of drug-likeness (QED) is 0.821. The summed E-state index contributed by atoms with van der Waals surface area (Å²) < 4.78 is 1.27. The van der Waals surface area contributed by atoms with Crippen LogP contribution in [0.4, 0.5) is 0 Å². The van der Waals surface area contributed by atoms with E-state index in [9.17, 15) is 0 Å². The molecule has 1 atom stereocenters. The number of hydrogen-bond acceptors (Lipinski definition) is 2. The summed E-state index contributed by atoms with van der Waals surface area (Å²) in [5.74, 6) is 0.902. The molecule has 3 heteroatoms. The number of hydrogen-bond donors (Lipinski definition) is 1. The van der Waals surface area contributed by atoms with Crippen LogP contribution in [0.1, 0.15) is 50.2 Å². The van der Waals surface area contributed by atoms with Crippen LogP contribution in [-0.2, 0) is 13.1 Å². The smallest absolute Gasteiger partial charge is 0.0245 e. The van der Waals surface area contributed by atoms with Crippen LogP contribution >= 0.6 is 15.9 Å². The van der Waals surface area contributed by atoms with E-state index in [0.717, 1.165) is 25.0 Å². The van der Waals surface area contributed by atoms with E-state index in [1.807, 2.05) is 0 Å². The lowest BCUT2D eigenvalue weighted by Gasteiger charge is -2.32. The van der Waals surface area contributed by atoms with E-state index < -0.39 is 0 Å². The van der Waals surface area contributed by atoms with Crippen molar-refractivity contribution >= 4 is 15.9 Å². The Labute approximate surface area is 137 Å². The summed E-state index contributed by atoms with van der Waals surface area (Å²) >= 11 is 3.77. The van der Waals surface area contributed by atoms with Crippen molar-refractivity contribution in [1.29, 1.82) is 0 Å². The van der Waals surface area contributed by atoms with Gasteiger partial charge in [-0.1, -0.05) is 41.4 Å². The maximum atomic E-state index is 3.77. The van der Waals surface area contributed by atoms with Gasteiger partial charge in [-0.15, -0.1) is 0 Å². The van der Waals surface area contributed by atoms with Gasteiger partial charge in [0.15, 0.2) is 0 Å². The molecule has 0 bridgehead atoms. The van der Waals surface area contributed by atoms with Crippen molar-refractivity contribution in [3.8, 4) is 0 Å². The largest absolute Gasteiger partial charge is 0.310 e. The number of likely N-dealkylation sites (tertiary alicyclic amines) is 1. The highest BCUT2D eigenvalue weighted by atomic mass is 79.9. The average molecular weight is 351 g/mol. The van der Waals surface area contributed by atoms with Gasteiger partial charge in [0.25, 0.3) is 0 Å². The lowest BCUT2D eigenvalue weighted by Crippen LogP contribution is -2.34. The second kappa shape index (κ2) is 7.26. The lowest BCUT2D eigenvalue weighted by molar-refractivity contribution is 0.164. The zero-order valence-corrected chi connectivity index (χ0v) is 14.7. The third-order valence-corrected chi connectivity index (χ3v) is 5.60. The first-order chi connectivity index (χ1) is 10.2. The van der Waals surface area contributed by atoms with Crippen LogP contribution in [0.5, 0.6) is 0 Å². The second-order valence-corrected chi connectivity index (χ2v) is 7.59. The first kappa shape index (κ1) is 15.5. The predicted octanol–water partition coefficient (Wildman–Crippen LogP) is 4.32. The summed E-state index contributed by atoms with van der Waals surface area (Å²) in [6.07, 6.45) is 6.81. The van der Waals surface area contributed by atoms with E-state index >= 15 is 0 Å². The summed E-state index contributed by atoms with van der Waals surface area (Å²) in [7, 11) is 0. The predicted molar refractivity (Wildman–Crippen MR) is 92.3 cm³/mol. The second-order valence-electron chi connectivity index (χ2n) is 6.73. The number of piperidine rings is 1. The Hall–Kier alpha value is -0.380. The van der Waals surface area contributed by atoms with Crippen molar-refractivity contribution in [2.75, 3.05) is 13.1 Å². The van der Waals surface area contributed by atoms with Gasteiger partial charge in [0, 0.05) is 30.1 Å². The normalized spacial score (nSPS) is 23.4. The molecule has 1 saturated carbocycles. The third kappa shape index (κ3) is 4.54. The van der Waals surface area contributed by atoms with Crippen molar-refractivity contribution in [1.82, 2.24) is 10.2 Å². The molecule has 1 aromatic carbocycles. The topological polar surface area (TPSA) is 15.3 Å². The highest BCUT2D eigenvalue weighted by Gasteiger charge is 2.21. The van der Waals surface area contributed by atoms with Gasteiger partial charge in [0.05, 0.1) is 0 Å². The molecule has 2 fully saturated rings. The van der Waals surface area contributed by atoms with Crippen LogP contribution in [0.2, 0.25) is 0 Å². The molecule has 1 heterocycles. The average Bonchev–Trinajstić information content (AvgIpc) is 3.32. The van der Waals surface area contributed by atoms with Gasteiger partial charge < -0.3 is 5.32 Å². The third-order valence-electron chi connectivity index (χ3n) is 4.86. The Bertz CT molecular complexity index is 470. The molecule has 0 radical (unpaired) electrons. The van der Waals surface area contributed by atoms with E-state index in [0.29, 0.717) is 0 Å². The molecule has 116 valence electrons. The van der Waals surface area contributed by atoms with Crippen LogP contribution in [0.3, 0.4) is 0 Å². The van der Waals surface area contributed by atoms with E-state index in [-0.39, 0.29) is 0 Å². The maximum absolute atomic E-state index is 3.77. The molecule has 1 aromatic rings. The van der Waals surface area contributed by atoms with Crippen molar-refractivity contribution in [2.24, 2.45) is 5.92 Å². The molecule has 1 aliphatic heterocycles. The van der Waals surface area contributed by atoms with E-state index in [1.165, 1.54) is 60.8 Å². The van der Waals surface area contributed by atoms with Crippen LogP contribution in [-0.4, -0.2) is 24.0 Å². The van der Waals surface area contributed by atoms with Crippen LogP contribution in [0.15, 0.2) is 22.7 Å². The van der Waals surface area contributed by atoms with Gasteiger partial charge in [0.2, 0.25) is 0 Å². The minimum Gasteiger partial charge on any atom is -0.310 e. The Kier molecular flexibility index (Phi) is 5.36. The summed E-state index contributed by atoms with van der Waals surface area (Å²) in [5.41, 5.74) is 2.82. The van der Waals surface area contributed by atoms with Crippen molar-refractivity contribution in [3.63, 3.8) is 0 Å². The summed E-state index contributed by atoms with van der Waals surface area (Å²) in [5, 5.41) is 3.58. The van der Waals surface area contributed by atoms with Gasteiger partial charge in [-0.2, -0.15) is 0 Å². The van der Waals surface area contributed by atoms with Crippen LogP contribution in [0.25, 0.3) is 0 Å². The molecule has 3 rings (SSSR count). The number of halogens is 1. The maximum Gasteiger partial charge on any atom is 0.0245 e. The molecular formula is C18H27BrN2. The molecule has 21 heavy (non-hydrogen) atoms. The zero-order chi connectivity index (χ0) is 14.7. The molecule has 1 aliphatic carbocycles. The van der Waals surface area contributed by atoms with Crippen molar-refractivity contribution in [2.45, 2.75) is 58.2 Å². The Morgan fingerprint density at radius 3 is 2.86 bits per heavy atom. The lowest BCUT2D eigenvalue weighted by atomic mass is 9.95. The van der Waals surface area contributed by atoms with Crippen molar-refractivity contribution < 1.29 is 0 Å². The van der Waals surface area contributed by atoms with Crippen LogP contribution < -0.4 is 5.32 Å². The summed E-state index contributed by atoms with van der Waals surface area (Å²) in [6, 6.07) is 7.68. The molecule has 0 amide bonds. The molecule has 1 N–H and O–H groups in total. The number of nitrogens with zero attached hydrogens (tertiary/aromatic N) is 1. The number of benzene rings is 1. The number of nitrogens with one attached hydrogen (secondary N) is 1. The molecule has 1 saturated heterocycles. The first-order valence-electron chi connectivity index (χ1n) is 8.47.